The van der Waals surface area contributed by atoms with Crippen LogP contribution in [0.5, 0.6) is 0 Å². The Morgan fingerprint density at radius 3 is 2.55 bits per heavy atom. The Hall–Kier alpha value is -2.19. The fraction of sp³-hybridized carbons (Fsp3) is 0.167. The number of benzene rings is 2. The average molecular weight is 263 g/mol. The number of fused-ring (bicyclic) bond motifs is 1. The summed E-state index contributed by atoms with van der Waals surface area (Å²) in [4.78, 5) is 4.57. The Labute approximate surface area is 118 Å². The number of pyridine rings is 1. The van der Waals surface area contributed by atoms with Gasteiger partial charge in [0.2, 0.25) is 0 Å². The molecule has 2 aromatic carbocycles. The summed E-state index contributed by atoms with van der Waals surface area (Å²) in [6.45, 7) is 4.09. The van der Waals surface area contributed by atoms with Crippen LogP contribution in [-0.4, -0.2) is 10.1 Å². The van der Waals surface area contributed by atoms with Crippen LogP contribution >= 0.6 is 0 Å². The van der Waals surface area contributed by atoms with Crippen LogP contribution in [0.15, 0.2) is 54.6 Å². The van der Waals surface area contributed by atoms with Crippen LogP contribution in [0.1, 0.15) is 28.5 Å². The zero-order valence-electron chi connectivity index (χ0n) is 11.7. The smallest absolute Gasteiger partial charge is 0.121 e. The van der Waals surface area contributed by atoms with Crippen LogP contribution < -0.4 is 0 Å². The normalized spacial score (nSPS) is 12.6. The molecule has 1 aromatic heterocycles. The van der Waals surface area contributed by atoms with E-state index in [-0.39, 0.29) is 0 Å². The van der Waals surface area contributed by atoms with Gasteiger partial charge in [-0.1, -0.05) is 42.5 Å². The number of aromatic nitrogens is 1. The van der Waals surface area contributed by atoms with E-state index in [2.05, 4.69) is 18.0 Å². The van der Waals surface area contributed by atoms with Crippen LogP contribution in [0.3, 0.4) is 0 Å². The van der Waals surface area contributed by atoms with E-state index in [4.69, 9.17) is 0 Å². The number of nitrogens with zero attached hydrogens (tertiary/aromatic N) is 1. The quantitative estimate of drug-likeness (QED) is 0.760. The predicted molar refractivity (Wildman–Crippen MR) is 81.7 cm³/mol. The minimum absolute atomic E-state index is 0.681. The van der Waals surface area contributed by atoms with Gasteiger partial charge in [0, 0.05) is 5.39 Å². The molecule has 1 unspecified atom stereocenters. The Balaban J connectivity index is 2.08. The van der Waals surface area contributed by atoms with E-state index in [1.165, 1.54) is 5.56 Å². The Morgan fingerprint density at radius 2 is 1.70 bits per heavy atom. The van der Waals surface area contributed by atoms with Gasteiger partial charge >= 0.3 is 0 Å². The second kappa shape index (κ2) is 5.06. The molecular formula is C18H17NO. The first-order valence-electron chi connectivity index (χ1n) is 6.76. The maximum Gasteiger partial charge on any atom is 0.121 e. The standard InChI is InChI=1S/C18H17NO/c1-12-6-5-8-15(13(12)2)18(20)17-11-10-14-7-3-4-9-16(14)19-17/h3-11,18,20H,1-2H3. The van der Waals surface area contributed by atoms with Gasteiger partial charge in [0.15, 0.2) is 0 Å². The second-order valence-electron chi connectivity index (χ2n) is 5.12. The molecule has 100 valence electrons. The van der Waals surface area contributed by atoms with Crippen LogP contribution in [0.4, 0.5) is 0 Å². The third-order valence-corrected chi connectivity index (χ3v) is 3.84. The van der Waals surface area contributed by atoms with Crippen molar-refractivity contribution in [1.82, 2.24) is 4.98 Å². The highest BCUT2D eigenvalue weighted by atomic mass is 16.3. The van der Waals surface area contributed by atoms with Gasteiger partial charge < -0.3 is 5.11 Å². The molecule has 3 aromatic rings. The van der Waals surface area contributed by atoms with Gasteiger partial charge in [-0.25, -0.2) is 4.98 Å². The third-order valence-electron chi connectivity index (χ3n) is 3.84. The summed E-state index contributed by atoms with van der Waals surface area (Å²) in [5.41, 5.74) is 4.83. The summed E-state index contributed by atoms with van der Waals surface area (Å²) in [5, 5.41) is 11.7. The molecule has 20 heavy (non-hydrogen) atoms. The maximum atomic E-state index is 10.6. The molecule has 0 amide bonds. The molecule has 0 aliphatic carbocycles. The molecule has 0 spiro atoms. The predicted octanol–water partition coefficient (Wildman–Crippen LogP) is 3.93. The first-order valence-corrected chi connectivity index (χ1v) is 6.76. The van der Waals surface area contributed by atoms with Crippen molar-refractivity contribution >= 4 is 10.9 Å². The molecule has 0 bridgehead atoms. The number of aliphatic hydroxyl groups excluding tert-OH is 1. The maximum absolute atomic E-state index is 10.6. The Morgan fingerprint density at radius 1 is 0.900 bits per heavy atom. The number of aryl methyl sites for hydroxylation is 1. The number of rotatable bonds is 2. The molecule has 0 aliphatic rings. The van der Waals surface area contributed by atoms with Gasteiger partial charge in [0.05, 0.1) is 11.2 Å². The zero-order valence-corrected chi connectivity index (χ0v) is 11.7. The molecule has 2 nitrogen and oxygen atoms in total. The van der Waals surface area contributed by atoms with Gasteiger partial charge in [0.1, 0.15) is 6.10 Å². The van der Waals surface area contributed by atoms with E-state index in [0.29, 0.717) is 5.69 Å². The second-order valence-corrected chi connectivity index (χ2v) is 5.12. The van der Waals surface area contributed by atoms with Crippen LogP contribution in [0, 0.1) is 13.8 Å². The Bertz CT molecular complexity index is 764. The molecule has 2 heteroatoms. The van der Waals surface area contributed by atoms with E-state index in [1.54, 1.807) is 0 Å². The lowest BCUT2D eigenvalue weighted by molar-refractivity contribution is 0.215. The molecule has 1 heterocycles. The highest BCUT2D eigenvalue weighted by molar-refractivity contribution is 5.78. The molecule has 0 aliphatic heterocycles. The van der Waals surface area contributed by atoms with E-state index in [0.717, 1.165) is 22.0 Å². The van der Waals surface area contributed by atoms with E-state index in [1.807, 2.05) is 55.5 Å². The minimum Gasteiger partial charge on any atom is -0.382 e. The summed E-state index contributed by atoms with van der Waals surface area (Å²) >= 11 is 0. The highest BCUT2D eigenvalue weighted by Crippen LogP contribution is 2.26. The topological polar surface area (TPSA) is 33.1 Å². The number of hydrogen-bond donors (Lipinski definition) is 1. The van der Waals surface area contributed by atoms with E-state index in [9.17, 15) is 5.11 Å². The van der Waals surface area contributed by atoms with Crippen molar-refractivity contribution in [2.45, 2.75) is 20.0 Å². The molecular weight excluding hydrogens is 246 g/mol. The molecule has 3 rings (SSSR count). The van der Waals surface area contributed by atoms with Gasteiger partial charge in [-0.05, 0) is 42.7 Å². The first kappa shape index (κ1) is 12.8. The average Bonchev–Trinajstić information content (AvgIpc) is 2.49. The zero-order chi connectivity index (χ0) is 14.1. The van der Waals surface area contributed by atoms with Gasteiger partial charge in [0.25, 0.3) is 0 Å². The lowest BCUT2D eigenvalue weighted by Crippen LogP contribution is -2.05. The highest BCUT2D eigenvalue weighted by Gasteiger charge is 2.15. The molecule has 0 saturated heterocycles. The summed E-state index contributed by atoms with van der Waals surface area (Å²) < 4.78 is 0. The molecule has 0 fully saturated rings. The fourth-order valence-corrected chi connectivity index (χ4v) is 2.46. The number of para-hydroxylation sites is 1. The number of hydrogen-bond acceptors (Lipinski definition) is 2. The van der Waals surface area contributed by atoms with E-state index >= 15 is 0 Å². The van der Waals surface area contributed by atoms with Crippen molar-refractivity contribution in [3.63, 3.8) is 0 Å². The summed E-state index contributed by atoms with van der Waals surface area (Å²) in [7, 11) is 0. The van der Waals surface area contributed by atoms with Crippen LogP contribution in [0.25, 0.3) is 10.9 Å². The largest absolute Gasteiger partial charge is 0.382 e. The van der Waals surface area contributed by atoms with Gasteiger partial charge in [-0.2, -0.15) is 0 Å². The van der Waals surface area contributed by atoms with Crippen molar-refractivity contribution in [1.29, 1.82) is 0 Å². The Kier molecular flexibility index (Phi) is 3.25. The van der Waals surface area contributed by atoms with Crippen molar-refractivity contribution in [2.24, 2.45) is 0 Å². The summed E-state index contributed by atoms with van der Waals surface area (Å²) in [6.07, 6.45) is -0.681. The van der Waals surface area contributed by atoms with Crippen molar-refractivity contribution < 1.29 is 5.11 Å². The van der Waals surface area contributed by atoms with Crippen molar-refractivity contribution in [3.05, 3.63) is 77.0 Å². The first-order chi connectivity index (χ1) is 9.66. The van der Waals surface area contributed by atoms with Crippen molar-refractivity contribution in [3.8, 4) is 0 Å². The molecule has 0 saturated carbocycles. The number of aliphatic hydroxyl groups is 1. The molecule has 1 atom stereocenters. The van der Waals surface area contributed by atoms with Crippen molar-refractivity contribution in [2.75, 3.05) is 0 Å². The lowest BCUT2D eigenvalue weighted by Gasteiger charge is -2.15. The third kappa shape index (κ3) is 2.19. The van der Waals surface area contributed by atoms with Gasteiger partial charge in [-0.3, -0.25) is 0 Å². The van der Waals surface area contributed by atoms with E-state index < -0.39 is 6.10 Å². The lowest BCUT2D eigenvalue weighted by atomic mass is 9.97. The van der Waals surface area contributed by atoms with Crippen LogP contribution in [-0.2, 0) is 0 Å². The summed E-state index contributed by atoms with van der Waals surface area (Å²) in [5.74, 6) is 0. The molecule has 1 N–H and O–H groups in total. The van der Waals surface area contributed by atoms with Crippen LogP contribution in [0.2, 0.25) is 0 Å². The summed E-state index contributed by atoms with van der Waals surface area (Å²) in [6, 6.07) is 17.8. The monoisotopic (exact) mass is 263 g/mol. The minimum atomic E-state index is -0.681. The fourth-order valence-electron chi connectivity index (χ4n) is 2.46. The SMILES string of the molecule is Cc1cccc(C(O)c2ccc3ccccc3n2)c1C. The van der Waals surface area contributed by atoms with Gasteiger partial charge in [-0.15, -0.1) is 0 Å². The molecule has 0 radical (unpaired) electrons.